The molecule has 1 saturated carbocycles. The quantitative estimate of drug-likeness (QED) is 0.386. The van der Waals surface area contributed by atoms with E-state index in [1.54, 1.807) is 12.3 Å². The highest BCUT2D eigenvalue weighted by Gasteiger charge is 2.21. The van der Waals surface area contributed by atoms with Crippen LogP contribution in [0.25, 0.3) is 0 Å². The third-order valence-corrected chi connectivity index (χ3v) is 4.24. The first kappa shape index (κ1) is 14.0. The largest absolute Gasteiger partial charge is 0.411 e. The van der Waals surface area contributed by atoms with Crippen LogP contribution in [0.4, 0.5) is 5.13 Å². The summed E-state index contributed by atoms with van der Waals surface area (Å²) >= 11 is 1.36. The number of hydrogen-bond donors (Lipinski definition) is 2. The van der Waals surface area contributed by atoms with Crippen molar-refractivity contribution in [1.29, 1.82) is 0 Å². The molecule has 0 aromatic carbocycles. The van der Waals surface area contributed by atoms with Crippen LogP contribution in [0.3, 0.4) is 0 Å². The second kappa shape index (κ2) is 6.65. The van der Waals surface area contributed by atoms with Gasteiger partial charge in [0, 0.05) is 11.3 Å². The van der Waals surface area contributed by atoms with Crippen molar-refractivity contribution in [2.75, 3.05) is 5.32 Å². The van der Waals surface area contributed by atoms with Gasteiger partial charge < -0.3 is 10.5 Å². The lowest BCUT2D eigenvalue weighted by Crippen LogP contribution is -2.22. The zero-order valence-electron chi connectivity index (χ0n) is 11.1. The van der Waals surface area contributed by atoms with Crippen LogP contribution in [0.1, 0.15) is 51.1 Å². The number of hydrogen-bond acceptors (Lipinski definition) is 5. The van der Waals surface area contributed by atoms with Crippen molar-refractivity contribution in [2.24, 2.45) is 11.1 Å². The van der Waals surface area contributed by atoms with Crippen molar-refractivity contribution in [2.45, 2.75) is 45.4 Å². The highest BCUT2D eigenvalue weighted by atomic mass is 32.1. The smallest absolute Gasteiger partial charge is 0.229 e. The molecule has 19 heavy (non-hydrogen) atoms. The summed E-state index contributed by atoms with van der Waals surface area (Å²) < 4.78 is 0. The number of anilines is 1. The van der Waals surface area contributed by atoms with Crippen LogP contribution in [-0.2, 0) is 4.79 Å². The zero-order chi connectivity index (χ0) is 13.7. The van der Waals surface area contributed by atoms with Crippen LogP contribution >= 0.6 is 11.3 Å². The van der Waals surface area contributed by atoms with E-state index < -0.39 is 0 Å². The van der Waals surface area contributed by atoms with Crippen molar-refractivity contribution in [3.05, 3.63) is 11.1 Å². The molecule has 2 rings (SSSR count). The molecule has 0 unspecified atom stereocenters. The van der Waals surface area contributed by atoms with Gasteiger partial charge in [-0.2, -0.15) is 0 Å². The monoisotopic (exact) mass is 281 g/mol. The van der Waals surface area contributed by atoms with Gasteiger partial charge in [0.15, 0.2) is 5.13 Å². The van der Waals surface area contributed by atoms with Crippen LogP contribution < -0.4 is 5.32 Å². The van der Waals surface area contributed by atoms with E-state index in [0.29, 0.717) is 16.5 Å². The maximum absolute atomic E-state index is 12.1. The average molecular weight is 281 g/mol. The lowest BCUT2D eigenvalue weighted by atomic mass is 10.00. The fourth-order valence-electron chi connectivity index (χ4n) is 2.30. The lowest BCUT2D eigenvalue weighted by molar-refractivity contribution is -0.120. The maximum atomic E-state index is 12.1. The Balaban J connectivity index is 1.96. The van der Waals surface area contributed by atoms with E-state index in [1.165, 1.54) is 24.2 Å². The molecule has 1 aliphatic rings. The number of amides is 1. The summed E-state index contributed by atoms with van der Waals surface area (Å²) in [5.74, 6) is 0.184. The number of carbonyl (C=O) groups is 1. The van der Waals surface area contributed by atoms with Gasteiger partial charge in [-0.15, -0.1) is 11.3 Å². The van der Waals surface area contributed by atoms with Gasteiger partial charge >= 0.3 is 0 Å². The molecule has 1 aromatic rings. The molecule has 104 valence electrons. The molecule has 1 amide bonds. The third-order valence-electron chi connectivity index (χ3n) is 3.48. The highest BCUT2D eigenvalue weighted by Crippen LogP contribution is 2.25. The zero-order valence-corrected chi connectivity index (χ0v) is 11.9. The van der Waals surface area contributed by atoms with Gasteiger partial charge in [0.2, 0.25) is 5.91 Å². The second-order valence-corrected chi connectivity index (χ2v) is 5.76. The molecule has 1 fully saturated rings. The van der Waals surface area contributed by atoms with Crippen molar-refractivity contribution >= 4 is 28.1 Å². The minimum Gasteiger partial charge on any atom is -0.411 e. The Morgan fingerprint density at radius 1 is 1.42 bits per heavy atom. The summed E-state index contributed by atoms with van der Waals surface area (Å²) in [5, 5.41) is 17.0. The van der Waals surface area contributed by atoms with E-state index in [1.807, 2.05) is 0 Å². The SMILES string of the molecule is CC(=NO)c1csc(NC(=O)C2CCCCCC2)n1. The van der Waals surface area contributed by atoms with E-state index in [4.69, 9.17) is 5.21 Å². The number of aromatic nitrogens is 1. The Hall–Kier alpha value is -1.43. The number of rotatable bonds is 3. The first-order chi connectivity index (χ1) is 9.20. The summed E-state index contributed by atoms with van der Waals surface area (Å²) in [6.45, 7) is 1.67. The topological polar surface area (TPSA) is 74.6 Å². The molecule has 6 heteroatoms. The summed E-state index contributed by atoms with van der Waals surface area (Å²) in [6.07, 6.45) is 6.69. The molecule has 1 aromatic heterocycles. The van der Waals surface area contributed by atoms with Crippen LogP contribution in [0, 0.1) is 5.92 Å². The summed E-state index contributed by atoms with van der Waals surface area (Å²) in [6, 6.07) is 0. The van der Waals surface area contributed by atoms with Crippen LogP contribution in [-0.4, -0.2) is 21.8 Å². The van der Waals surface area contributed by atoms with Gasteiger partial charge in [-0.05, 0) is 19.8 Å². The molecule has 0 atom stereocenters. The fraction of sp³-hybridized carbons (Fsp3) is 0.615. The number of carbonyl (C=O) groups excluding carboxylic acids is 1. The minimum atomic E-state index is 0.0707. The Bertz CT molecular complexity index is 462. The van der Waals surface area contributed by atoms with E-state index in [9.17, 15) is 4.79 Å². The van der Waals surface area contributed by atoms with Gasteiger partial charge in [0.1, 0.15) is 11.4 Å². The van der Waals surface area contributed by atoms with Crippen molar-refractivity contribution in [1.82, 2.24) is 4.98 Å². The number of oxime groups is 1. The fourth-order valence-corrected chi connectivity index (χ4v) is 3.05. The average Bonchev–Trinajstić information content (AvgIpc) is 2.71. The molecule has 2 N–H and O–H groups in total. The Morgan fingerprint density at radius 3 is 2.74 bits per heavy atom. The van der Waals surface area contributed by atoms with Crippen molar-refractivity contribution < 1.29 is 10.0 Å². The molecule has 5 nitrogen and oxygen atoms in total. The van der Waals surface area contributed by atoms with E-state index in [-0.39, 0.29) is 11.8 Å². The molecule has 0 bridgehead atoms. The predicted molar refractivity (Wildman–Crippen MR) is 75.9 cm³/mol. The van der Waals surface area contributed by atoms with Gasteiger partial charge in [0.05, 0.1) is 0 Å². The molecular weight excluding hydrogens is 262 g/mol. The summed E-state index contributed by atoms with van der Waals surface area (Å²) in [4.78, 5) is 16.4. The van der Waals surface area contributed by atoms with Gasteiger partial charge in [-0.1, -0.05) is 30.8 Å². The maximum Gasteiger partial charge on any atom is 0.229 e. The molecule has 1 aliphatic carbocycles. The van der Waals surface area contributed by atoms with Crippen molar-refractivity contribution in [3.63, 3.8) is 0 Å². The molecule has 0 aliphatic heterocycles. The lowest BCUT2D eigenvalue weighted by Gasteiger charge is -2.12. The van der Waals surface area contributed by atoms with Gasteiger partial charge in [0.25, 0.3) is 0 Å². The first-order valence-electron chi connectivity index (χ1n) is 6.66. The first-order valence-corrected chi connectivity index (χ1v) is 7.54. The standard InChI is InChI=1S/C13H19N3O2S/c1-9(16-18)11-8-19-13(14-11)15-12(17)10-6-4-2-3-5-7-10/h8,10,18H,2-7H2,1H3,(H,14,15,17). The molecule has 0 spiro atoms. The number of thiazole rings is 1. The third kappa shape index (κ3) is 3.76. The Morgan fingerprint density at radius 2 is 2.11 bits per heavy atom. The van der Waals surface area contributed by atoms with Gasteiger partial charge in [-0.3, -0.25) is 4.79 Å². The normalized spacial score (nSPS) is 18.1. The Labute approximate surface area is 116 Å². The van der Waals surface area contributed by atoms with E-state index >= 15 is 0 Å². The van der Waals surface area contributed by atoms with Crippen LogP contribution in [0.15, 0.2) is 10.5 Å². The van der Waals surface area contributed by atoms with E-state index in [0.717, 1.165) is 25.7 Å². The minimum absolute atomic E-state index is 0.0707. The molecular formula is C13H19N3O2S. The summed E-state index contributed by atoms with van der Waals surface area (Å²) in [7, 11) is 0. The van der Waals surface area contributed by atoms with Crippen molar-refractivity contribution in [3.8, 4) is 0 Å². The van der Waals surface area contributed by atoms with Crippen LogP contribution in [0.2, 0.25) is 0 Å². The predicted octanol–water partition coefficient (Wildman–Crippen LogP) is 3.25. The number of nitrogens with one attached hydrogen (secondary N) is 1. The Kier molecular flexibility index (Phi) is 4.90. The highest BCUT2D eigenvalue weighted by molar-refractivity contribution is 7.14. The molecule has 0 saturated heterocycles. The number of nitrogens with zero attached hydrogens (tertiary/aromatic N) is 2. The second-order valence-electron chi connectivity index (χ2n) is 4.90. The molecule has 0 radical (unpaired) electrons. The van der Waals surface area contributed by atoms with E-state index in [2.05, 4.69) is 15.5 Å². The molecule has 1 heterocycles. The summed E-state index contributed by atoms with van der Waals surface area (Å²) in [5.41, 5.74) is 1.05. The van der Waals surface area contributed by atoms with Crippen LogP contribution in [0.5, 0.6) is 0 Å². The van der Waals surface area contributed by atoms with Gasteiger partial charge in [-0.25, -0.2) is 4.98 Å².